The number of amides is 2. The van der Waals surface area contributed by atoms with Gasteiger partial charge in [0, 0.05) is 16.8 Å². The Morgan fingerprint density at radius 1 is 1.21 bits per heavy atom. The number of carbonyl (C=O) groups excluding carboxylic acids is 2. The van der Waals surface area contributed by atoms with E-state index in [4.69, 9.17) is 22.1 Å². The average molecular weight is 420 g/mol. The van der Waals surface area contributed by atoms with Crippen LogP contribution in [0.2, 0.25) is 5.02 Å². The highest BCUT2D eigenvalue weighted by Crippen LogP contribution is 2.41. The molecule has 0 spiro atoms. The van der Waals surface area contributed by atoms with E-state index in [1.807, 2.05) is 0 Å². The quantitative estimate of drug-likeness (QED) is 0.794. The number of nitrogens with zero attached hydrogens (tertiary/aromatic N) is 1. The summed E-state index contributed by atoms with van der Waals surface area (Å²) in [7, 11) is 0. The van der Waals surface area contributed by atoms with E-state index in [2.05, 4.69) is 5.32 Å². The second-order valence-electron chi connectivity index (χ2n) is 6.77. The maximum atomic E-state index is 14.6. The Kier molecular flexibility index (Phi) is 4.87. The van der Waals surface area contributed by atoms with Crippen molar-refractivity contribution in [3.8, 4) is 0 Å². The van der Waals surface area contributed by atoms with Crippen LogP contribution in [0, 0.1) is 11.6 Å². The Morgan fingerprint density at radius 3 is 2.66 bits per heavy atom. The van der Waals surface area contributed by atoms with Crippen LogP contribution in [-0.4, -0.2) is 23.4 Å². The fourth-order valence-corrected chi connectivity index (χ4v) is 3.87. The molecule has 1 heterocycles. The smallest absolute Gasteiger partial charge is 0.285 e. The Morgan fingerprint density at radius 2 is 1.97 bits per heavy atom. The molecule has 150 valence electrons. The molecule has 4 rings (SSSR count). The maximum Gasteiger partial charge on any atom is 0.285 e. The van der Waals surface area contributed by atoms with Crippen molar-refractivity contribution in [3.63, 3.8) is 0 Å². The maximum absolute atomic E-state index is 14.6. The molecule has 9 heteroatoms. The molecule has 2 aromatic rings. The van der Waals surface area contributed by atoms with Crippen molar-refractivity contribution in [2.24, 2.45) is 5.73 Å². The highest BCUT2D eigenvalue weighted by molar-refractivity contribution is 6.31. The van der Waals surface area contributed by atoms with E-state index in [1.165, 1.54) is 30.5 Å². The fourth-order valence-electron chi connectivity index (χ4n) is 3.69. The number of hydrogen-bond acceptors (Lipinski definition) is 4. The summed E-state index contributed by atoms with van der Waals surface area (Å²) in [5, 5.41) is 2.55. The van der Waals surface area contributed by atoms with E-state index in [1.54, 1.807) is 4.90 Å². The zero-order valence-electron chi connectivity index (χ0n) is 15.0. The molecular formula is C20H16ClF2N3O3. The van der Waals surface area contributed by atoms with Gasteiger partial charge in [-0.3, -0.25) is 9.59 Å². The van der Waals surface area contributed by atoms with Crippen LogP contribution in [0.15, 0.2) is 42.3 Å². The lowest BCUT2D eigenvalue weighted by Gasteiger charge is -2.23. The minimum Gasteiger partial charge on any atom is -0.466 e. The molecule has 0 aromatic heterocycles. The predicted octanol–water partition coefficient (Wildman–Crippen LogP) is 3.47. The van der Waals surface area contributed by atoms with Crippen LogP contribution in [0.3, 0.4) is 0 Å². The van der Waals surface area contributed by atoms with Gasteiger partial charge in [-0.1, -0.05) is 11.6 Å². The van der Waals surface area contributed by atoms with Crippen molar-refractivity contribution >= 4 is 29.1 Å². The second kappa shape index (κ2) is 7.36. The van der Waals surface area contributed by atoms with Crippen LogP contribution in [0.25, 0.3) is 0 Å². The normalized spacial score (nSPS) is 17.6. The number of nitrogens with one attached hydrogen (secondary N) is 1. The summed E-state index contributed by atoms with van der Waals surface area (Å²) in [6.45, 7) is 0.0757. The molecule has 2 aliphatic rings. The number of primary amides is 1. The third kappa shape index (κ3) is 3.51. The van der Waals surface area contributed by atoms with E-state index >= 15 is 0 Å². The molecule has 2 amide bonds. The Hall–Kier alpha value is -3.13. The van der Waals surface area contributed by atoms with Gasteiger partial charge in [0.15, 0.2) is 6.73 Å². The molecule has 0 saturated carbocycles. The Labute approximate surface area is 169 Å². The number of nitrogens with two attached hydrogens (primary N) is 1. The Bertz CT molecular complexity index is 1060. The lowest BCUT2D eigenvalue weighted by atomic mass is 10.0. The number of benzene rings is 2. The SMILES string of the molecule is NC(=O)C1=CN([C@H]2CCc3c(C(=O)Nc4ccc(F)c(Cl)c4)ccc(F)c32)CO1. The van der Waals surface area contributed by atoms with Gasteiger partial charge in [-0.25, -0.2) is 8.78 Å². The largest absolute Gasteiger partial charge is 0.466 e. The highest BCUT2D eigenvalue weighted by atomic mass is 35.5. The summed E-state index contributed by atoms with van der Waals surface area (Å²) < 4.78 is 33.2. The van der Waals surface area contributed by atoms with Crippen LogP contribution in [0.1, 0.15) is 33.9 Å². The number of hydrogen-bond donors (Lipinski definition) is 2. The summed E-state index contributed by atoms with van der Waals surface area (Å²) in [5.41, 5.74) is 6.85. The highest BCUT2D eigenvalue weighted by Gasteiger charge is 2.35. The molecule has 1 aliphatic heterocycles. The zero-order valence-corrected chi connectivity index (χ0v) is 15.8. The van der Waals surface area contributed by atoms with Gasteiger partial charge in [0.05, 0.1) is 17.3 Å². The van der Waals surface area contributed by atoms with Crippen LogP contribution in [0.4, 0.5) is 14.5 Å². The van der Waals surface area contributed by atoms with Crippen molar-refractivity contribution in [3.05, 3.63) is 75.6 Å². The van der Waals surface area contributed by atoms with Crippen molar-refractivity contribution < 1.29 is 23.1 Å². The number of ether oxygens (including phenoxy) is 1. The summed E-state index contributed by atoms with van der Waals surface area (Å²) in [5.74, 6) is -2.16. The number of halogens is 3. The number of anilines is 1. The molecule has 0 fully saturated rings. The number of fused-ring (bicyclic) bond motifs is 1. The minimum atomic E-state index is -0.697. The molecule has 2 aromatic carbocycles. The first-order valence-electron chi connectivity index (χ1n) is 8.83. The van der Waals surface area contributed by atoms with Crippen LogP contribution >= 0.6 is 11.6 Å². The van der Waals surface area contributed by atoms with Gasteiger partial charge < -0.3 is 20.7 Å². The topological polar surface area (TPSA) is 84.7 Å². The van der Waals surface area contributed by atoms with Crippen molar-refractivity contribution in [2.45, 2.75) is 18.9 Å². The van der Waals surface area contributed by atoms with Gasteiger partial charge in [0.2, 0.25) is 5.76 Å². The molecule has 0 bridgehead atoms. The van der Waals surface area contributed by atoms with Crippen LogP contribution < -0.4 is 11.1 Å². The summed E-state index contributed by atoms with van der Waals surface area (Å²) in [4.78, 5) is 25.7. The second-order valence-corrected chi connectivity index (χ2v) is 7.18. The molecule has 0 saturated heterocycles. The Balaban J connectivity index is 1.63. The van der Waals surface area contributed by atoms with E-state index in [9.17, 15) is 18.4 Å². The third-order valence-corrected chi connectivity index (χ3v) is 5.31. The van der Waals surface area contributed by atoms with E-state index < -0.39 is 23.4 Å². The molecule has 1 aliphatic carbocycles. The predicted molar refractivity (Wildman–Crippen MR) is 102 cm³/mol. The summed E-state index contributed by atoms with van der Waals surface area (Å²) in [6, 6.07) is 6.12. The minimum absolute atomic E-state index is 0.0148. The molecule has 0 radical (unpaired) electrons. The van der Waals surface area contributed by atoms with Gasteiger partial charge >= 0.3 is 0 Å². The standard InChI is InChI=1S/C20H16ClF2N3O3/c21-13-7-10(1-4-14(13)22)25-20(28)12-2-5-15(23)18-11(12)3-6-16(18)26-8-17(19(24)27)29-9-26/h1-2,4-5,7-8,16H,3,6,9H2,(H2,24,27)(H,25,28)/t16-/m0/s1. The zero-order chi connectivity index (χ0) is 20.7. The molecule has 0 unspecified atom stereocenters. The van der Waals surface area contributed by atoms with E-state index in [0.29, 0.717) is 35.2 Å². The van der Waals surface area contributed by atoms with Gasteiger partial charge in [-0.05, 0) is 48.7 Å². The van der Waals surface area contributed by atoms with Crippen LogP contribution in [-0.2, 0) is 16.0 Å². The lowest BCUT2D eigenvalue weighted by molar-refractivity contribution is -0.117. The van der Waals surface area contributed by atoms with Gasteiger partial charge in [-0.2, -0.15) is 0 Å². The third-order valence-electron chi connectivity index (χ3n) is 5.02. The molecule has 3 N–H and O–H groups in total. The van der Waals surface area contributed by atoms with Gasteiger partial charge in [0.1, 0.15) is 11.6 Å². The fraction of sp³-hybridized carbons (Fsp3) is 0.200. The van der Waals surface area contributed by atoms with E-state index in [-0.39, 0.29) is 23.6 Å². The van der Waals surface area contributed by atoms with Gasteiger partial charge in [0.25, 0.3) is 11.8 Å². The average Bonchev–Trinajstić information content (AvgIpc) is 3.32. The monoisotopic (exact) mass is 419 g/mol. The van der Waals surface area contributed by atoms with E-state index in [0.717, 1.165) is 6.07 Å². The molecule has 29 heavy (non-hydrogen) atoms. The summed E-state index contributed by atoms with van der Waals surface area (Å²) >= 11 is 5.75. The van der Waals surface area contributed by atoms with Crippen molar-refractivity contribution in [1.29, 1.82) is 0 Å². The molecule has 6 nitrogen and oxygen atoms in total. The number of rotatable bonds is 4. The summed E-state index contributed by atoms with van der Waals surface area (Å²) in [6.07, 6.45) is 2.49. The first-order valence-corrected chi connectivity index (χ1v) is 9.21. The van der Waals surface area contributed by atoms with Crippen molar-refractivity contribution in [2.75, 3.05) is 12.0 Å². The van der Waals surface area contributed by atoms with Crippen molar-refractivity contribution in [1.82, 2.24) is 4.90 Å². The first kappa shape index (κ1) is 19.2. The first-order chi connectivity index (χ1) is 13.8. The van der Waals surface area contributed by atoms with Crippen LogP contribution in [0.5, 0.6) is 0 Å². The lowest BCUT2D eigenvalue weighted by Crippen LogP contribution is -2.21. The molecular weight excluding hydrogens is 404 g/mol. The number of carbonyl (C=O) groups is 2. The molecule has 1 atom stereocenters. The van der Waals surface area contributed by atoms with Gasteiger partial charge in [-0.15, -0.1) is 0 Å².